The van der Waals surface area contributed by atoms with Crippen LogP contribution in [0.4, 0.5) is 5.69 Å². The lowest BCUT2D eigenvalue weighted by Gasteiger charge is -2.03. The minimum Gasteiger partial charge on any atom is -0.326 e. The maximum absolute atomic E-state index is 11.7. The highest BCUT2D eigenvalue weighted by Gasteiger charge is 2.04. The predicted octanol–water partition coefficient (Wildman–Crippen LogP) is 3.77. The molecule has 0 aromatic heterocycles. The second-order valence-corrected chi connectivity index (χ2v) is 4.97. The number of para-hydroxylation sites is 1. The van der Waals surface area contributed by atoms with Gasteiger partial charge < -0.3 is 5.32 Å². The third kappa shape index (κ3) is 5.75. The van der Waals surface area contributed by atoms with Crippen LogP contribution in [0.1, 0.15) is 18.4 Å². The summed E-state index contributed by atoms with van der Waals surface area (Å²) in [4.78, 5) is 23.4. The maximum Gasteiger partial charge on any atom is 0.224 e. The number of carbonyl (C=O) groups is 2. The molecule has 0 saturated heterocycles. The molecule has 0 radical (unpaired) electrons. The summed E-state index contributed by atoms with van der Waals surface area (Å²) in [5.41, 5.74) is 1.91. The molecule has 0 aliphatic rings. The fourth-order valence-corrected chi connectivity index (χ4v) is 2.01. The summed E-state index contributed by atoms with van der Waals surface area (Å²) in [6.45, 7) is 0. The molecule has 0 fully saturated rings. The van der Waals surface area contributed by atoms with Gasteiger partial charge in [-0.15, -0.1) is 0 Å². The second kappa shape index (κ2) is 8.57. The molecule has 0 spiro atoms. The first-order valence-electron chi connectivity index (χ1n) is 7.32. The zero-order chi connectivity index (χ0) is 15.6. The van der Waals surface area contributed by atoms with E-state index < -0.39 is 0 Å². The van der Waals surface area contributed by atoms with Crippen molar-refractivity contribution < 1.29 is 9.59 Å². The molecule has 0 unspecified atom stereocenters. The lowest BCUT2D eigenvalue weighted by molar-refractivity contribution is -0.120. The van der Waals surface area contributed by atoms with E-state index >= 15 is 0 Å². The summed E-state index contributed by atoms with van der Waals surface area (Å²) >= 11 is 0. The number of hydrogen-bond donors (Lipinski definition) is 1. The van der Waals surface area contributed by atoms with E-state index in [2.05, 4.69) is 5.32 Å². The van der Waals surface area contributed by atoms with Crippen LogP contribution in [-0.2, 0) is 16.0 Å². The Hall–Kier alpha value is -2.68. The van der Waals surface area contributed by atoms with Gasteiger partial charge in [0, 0.05) is 18.5 Å². The number of benzene rings is 2. The van der Waals surface area contributed by atoms with Crippen molar-refractivity contribution in [2.45, 2.75) is 19.3 Å². The van der Waals surface area contributed by atoms with Gasteiger partial charge in [0.1, 0.15) is 0 Å². The number of carbonyl (C=O) groups excluding carboxylic acids is 2. The van der Waals surface area contributed by atoms with Crippen molar-refractivity contribution >= 4 is 17.4 Å². The first-order valence-corrected chi connectivity index (χ1v) is 7.32. The Kier molecular flexibility index (Phi) is 6.12. The highest BCUT2D eigenvalue weighted by molar-refractivity contribution is 5.96. The summed E-state index contributed by atoms with van der Waals surface area (Å²) in [5, 5.41) is 2.76. The van der Waals surface area contributed by atoms with Crippen molar-refractivity contribution in [3.05, 3.63) is 78.4 Å². The van der Waals surface area contributed by atoms with Crippen LogP contribution in [0.3, 0.4) is 0 Å². The van der Waals surface area contributed by atoms with Gasteiger partial charge in [-0.05, 0) is 30.2 Å². The Bertz CT molecular complexity index is 633. The molecule has 3 nitrogen and oxygen atoms in total. The normalized spacial score (nSPS) is 10.5. The summed E-state index contributed by atoms with van der Waals surface area (Å²) in [5.74, 6) is -0.171. The van der Waals surface area contributed by atoms with E-state index in [1.54, 1.807) is 6.08 Å². The zero-order valence-electron chi connectivity index (χ0n) is 12.4. The van der Waals surface area contributed by atoms with Crippen molar-refractivity contribution in [2.75, 3.05) is 5.32 Å². The standard InChI is InChI=1S/C19H19NO2/c21-18(13-7-10-16-8-3-1-4-9-16)14-15-19(22)20-17-11-5-2-6-12-17/h1-9,11-13H,10,14-15H2,(H,20,22). The Morgan fingerprint density at radius 1 is 0.864 bits per heavy atom. The molecule has 1 amide bonds. The average Bonchev–Trinajstić information content (AvgIpc) is 2.55. The van der Waals surface area contributed by atoms with Crippen molar-refractivity contribution in [3.8, 4) is 0 Å². The van der Waals surface area contributed by atoms with Crippen LogP contribution in [0, 0.1) is 0 Å². The Labute approximate surface area is 130 Å². The van der Waals surface area contributed by atoms with Crippen molar-refractivity contribution in [3.63, 3.8) is 0 Å². The predicted molar refractivity (Wildman–Crippen MR) is 88.6 cm³/mol. The van der Waals surface area contributed by atoms with Crippen molar-refractivity contribution in [1.29, 1.82) is 0 Å². The molecule has 0 atom stereocenters. The van der Waals surface area contributed by atoms with E-state index in [1.807, 2.05) is 66.7 Å². The number of ketones is 1. The van der Waals surface area contributed by atoms with Gasteiger partial charge in [0.25, 0.3) is 0 Å². The summed E-state index contributed by atoms with van der Waals surface area (Å²) in [7, 11) is 0. The van der Waals surface area contributed by atoms with Crippen LogP contribution in [-0.4, -0.2) is 11.7 Å². The first-order chi connectivity index (χ1) is 10.7. The number of amides is 1. The lowest BCUT2D eigenvalue weighted by Crippen LogP contribution is -2.12. The van der Waals surface area contributed by atoms with Crippen LogP contribution in [0.5, 0.6) is 0 Å². The van der Waals surface area contributed by atoms with Crippen molar-refractivity contribution in [2.24, 2.45) is 0 Å². The SMILES string of the molecule is O=C(C=CCc1ccccc1)CCC(=O)Nc1ccccc1. The molecule has 0 aliphatic carbocycles. The highest BCUT2D eigenvalue weighted by Crippen LogP contribution is 2.06. The quantitative estimate of drug-likeness (QED) is 0.790. The lowest BCUT2D eigenvalue weighted by atomic mass is 10.1. The summed E-state index contributed by atoms with van der Waals surface area (Å²) < 4.78 is 0. The van der Waals surface area contributed by atoms with Crippen LogP contribution >= 0.6 is 0 Å². The highest BCUT2D eigenvalue weighted by atomic mass is 16.2. The van der Waals surface area contributed by atoms with Gasteiger partial charge in [0.05, 0.1) is 0 Å². The van der Waals surface area contributed by atoms with Gasteiger partial charge >= 0.3 is 0 Å². The van der Waals surface area contributed by atoms with Crippen LogP contribution in [0.2, 0.25) is 0 Å². The van der Waals surface area contributed by atoms with Crippen molar-refractivity contribution in [1.82, 2.24) is 0 Å². The van der Waals surface area contributed by atoms with E-state index in [4.69, 9.17) is 0 Å². The first kappa shape index (κ1) is 15.7. The molecular weight excluding hydrogens is 274 g/mol. The zero-order valence-corrected chi connectivity index (χ0v) is 12.4. The third-order valence-electron chi connectivity index (χ3n) is 3.16. The largest absolute Gasteiger partial charge is 0.326 e. The molecule has 0 saturated carbocycles. The molecule has 2 aromatic carbocycles. The van der Waals surface area contributed by atoms with Crippen LogP contribution in [0.25, 0.3) is 0 Å². The number of hydrogen-bond acceptors (Lipinski definition) is 2. The smallest absolute Gasteiger partial charge is 0.224 e. The second-order valence-electron chi connectivity index (χ2n) is 4.97. The molecule has 0 aliphatic heterocycles. The molecular formula is C19H19NO2. The van der Waals surface area contributed by atoms with E-state index in [9.17, 15) is 9.59 Å². The van der Waals surface area contributed by atoms with Crippen LogP contribution < -0.4 is 5.32 Å². The third-order valence-corrected chi connectivity index (χ3v) is 3.16. The fourth-order valence-electron chi connectivity index (χ4n) is 2.01. The molecule has 0 bridgehead atoms. The van der Waals surface area contributed by atoms with Gasteiger partial charge in [0.15, 0.2) is 5.78 Å². The van der Waals surface area contributed by atoms with E-state index in [-0.39, 0.29) is 24.5 Å². The monoisotopic (exact) mass is 293 g/mol. The number of allylic oxidation sites excluding steroid dienone is 2. The fraction of sp³-hybridized carbons (Fsp3) is 0.158. The Morgan fingerprint density at radius 2 is 1.50 bits per heavy atom. The molecule has 112 valence electrons. The van der Waals surface area contributed by atoms with Gasteiger partial charge in [-0.1, -0.05) is 54.6 Å². The molecule has 2 aromatic rings. The molecule has 1 N–H and O–H groups in total. The maximum atomic E-state index is 11.7. The molecule has 0 heterocycles. The summed E-state index contributed by atoms with van der Waals surface area (Å²) in [6.07, 6.45) is 4.55. The Balaban J connectivity index is 1.70. The summed E-state index contributed by atoms with van der Waals surface area (Å²) in [6, 6.07) is 19.2. The van der Waals surface area contributed by atoms with Gasteiger partial charge in [0.2, 0.25) is 5.91 Å². The molecule has 2 rings (SSSR count). The average molecular weight is 293 g/mol. The number of nitrogens with one attached hydrogen (secondary N) is 1. The molecule has 22 heavy (non-hydrogen) atoms. The van der Waals surface area contributed by atoms with E-state index in [0.29, 0.717) is 0 Å². The molecule has 3 heteroatoms. The number of rotatable bonds is 7. The van der Waals surface area contributed by atoms with Gasteiger partial charge in [-0.25, -0.2) is 0 Å². The van der Waals surface area contributed by atoms with E-state index in [0.717, 1.165) is 17.7 Å². The minimum absolute atomic E-state index is 0.0286. The Morgan fingerprint density at radius 3 is 2.18 bits per heavy atom. The van der Waals surface area contributed by atoms with E-state index in [1.165, 1.54) is 0 Å². The number of anilines is 1. The van der Waals surface area contributed by atoms with Gasteiger partial charge in [-0.2, -0.15) is 0 Å². The topological polar surface area (TPSA) is 46.2 Å². The van der Waals surface area contributed by atoms with Crippen LogP contribution in [0.15, 0.2) is 72.8 Å². The van der Waals surface area contributed by atoms with Gasteiger partial charge in [-0.3, -0.25) is 9.59 Å². The minimum atomic E-state index is -0.143.